The highest BCUT2D eigenvalue weighted by Crippen LogP contribution is 2.23. The molecule has 0 fully saturated rings. The van der Waals surface area contributed by atoms with Crippen molar-refractivity contribution in [3.8, 4) is 6.01 Å². The van der Waals surface area contributed by atoms with E-state index in [-0.39, 0.29) is 34.0 Å². The summed E-state index contributed by atoms with van der Waals surface area (Å²) in [6.07, 6.45) is 0.657. The number of nitrogens with one attached hydrogen (secondary N) is 3. The van der Waals surface area contributed by atoms with Gasteiger partial charge in [0.25, 0.3) is 5.91 Å². The Balaban J connectivity index is 1.64. The number of carbonyl (C=O) groups excluding carboxylic acids is 3. The summed E-state index contributed by atoms with van der Waals surface area (Å²) in [6, 6.07) is 15.5. The van der Waals surface area contributed by atoms with Crippen LogP contribution in [-0.4, -0.2) is 34.8 Å². The van der Waals surface area contributed by atoms with E-state index < -0.39 is 23.6 Å². The lowest BCUT2D eigenvalue weighted by molar-refractivity contribution is 0.0996. The molecule has 1 aromatic heterocycles. The van der Waals surface area contributed by atoms with Crippen LogP contribution in [-0.2, 0) is 0 Å². The molecule has 3 aromatic carbocycles. The van der Waals surface area contributed by atoms with E-state index in [1.165, 1.54) is 37.4 Å². The van der Waals surface area contributed by atoms with Gasteiger partial charge in [-0.25, -0.2) is 9.18 Å². The molecule has 0 bridgehead atoms. The number of halogens is 1. The molecular weight excluding hydrogens is 439 g/mol. The number of carbonyl (C=O) groups is 3. The van der Waals surface area contributed by atoms with Crippen molar-refractivity contribution in [2.45, 2.75) is 0 Å². The summed E-state index contributed by atoms with van der Waals surface area (Å²) >= 11 is 0. The van der Waals surface area contributed by atoms with Crippen LogP contribution in [0.25, 0.3) is 17.1 Å². The average Bonchev–Trinajstić information content (AvgIpc) is 3.26. The SMILES string of the molecule is C=Cc1cccc(NC(=O)c2ccccc2C(=O)c2ccc3nc(OC(=O)NC)[nH]c3c2)c1F. The second-order valence-electron chi connectivity index (χ2n) is 7.16. The van der Waals surface area contributed by atoms with E-state index in [2.05, 4.69) is 27.2 Å². The second kappa shape index (κ2) is 9.37. The number of aromatic amines is 1. The van der Waals surface area contributed by atoms with Gasteiger partial charge in [0, 0.05) is 23.7 Å². The topological polar surface area (TPSA) is 113 Å². The quantitative estimate of drug-likeness (QED) is 0.367. The molecule has 0 spiro atoms. The van der Waals surface area contributed by atoms with Crippen LogP contribution in [0.3, 0.4) is 0 Å². The number of benzene rings is 3. The van der Waals surface area contributed by atoms with Crippen molar-refractivity contribution in [3.63, 3.8) is 0 Å². The molecule has 34 heavy (non-hydrogen) atoms. The number of hydrogen-bond donors (Lipinski definition) is 3. The number of nitrogens with zero attached hydrogens (tertiary/aromatic N) is 1. The number of ether oxygens (including phenoxy) is 1. The van der Waals surface area contributed by atoms with Gasteiger partial charge in [-0.2, -0.15) is 4.98 Å². The number of ketones is 1. The second-order valence-corrected chi connectivity index (χ2v) is 7.16. The van der Waals surface area contributed by atoms with E-state index in [1.807, 2.05) is 0 Å². The van der Waals surface area contributed by atoms with E-state index in [9.17, 15) is 18.8 Å². The Morgan fingerprint density at radius 1 is 1.06 bits per heavy atom. The number of rotatable bonds is 6. The lowest BCUT2D eigenvalue weighted by Gasteiger charge is -2.11. The van der Waals surface area contributed by atoms with Crippen LogP contribution < -0.4 is 15.4 Å². The van der Waals surface area contributed by atoms with Gasteiger partial charge < -0.3 is 20.4 Å². The zero-order valence-corrected chi connectivity index (χ0v) is 18.0. The molecule has 0 saturated heterocycles. The maximum atomic E-state index is 14.5. The van der Waals surface area contributed by atoms with E-state index >= 15 is 0 Å². The fraction of sp³-hybridized carbons (Fsp3) is 0.0400. The average molecular weight is 458 g/mol. The predicted molar refractivity (Wildman–Crippen MR) is 125 cm³/mol. The van der Waals surface area contributed by atoms with Gasteiger partial charge in [-0.3, -0.25) is 9.59 Å². The number of imidazole rings is 1. The summed E-state index contributed by atoms with van der Waals surface area (Å²) in [5.74, 6) is -1.67. The maximum absolute atomic E-state index is 14.5. The van der Waals surface area contributed by atoms with E-state index in [1.54, 1.807) is 36.4 Å². The third-order valence-corrected chi connectivity index (χ3v) is 5.03. The van der Waals surface area contributed by atoms with E-state index in [0.717, 1.165) is 0 Å². The molecule has 0 aliphatic heterocycles. The first-order chi connectivity index (χ1) is 16.4. The van der Waals surface area contributed by atoms with Gasteiger partial charge >= 0.3 is 12.1 Å². The fourth-order valence-electron chi connectivity index (χ4n) is 3.34. The van der Waals surface area contributed by atoms with Crippen molar-refractivity contribution in [1.82, 2.24) is 15.3 Å². The lowest BCUT2D eigenvalue weighted by Crippen LogP contribution is -2.22. The Morgan fingerprint density at radius 2 is 1.82 bits per heavy atom. The highest BCUT2D eigenvalue weighted by molar-refractivity contribution is 6.18. The third-order valence-electron chi connectivity index (χ3n) is 5.03. The van der Waals surface area contributed by atoms with Crippen LogP contribution in [0.15, 0.2) is 67.2 Å². The largest absolute Gasteiger partial charge is 0.414 e. The first kappa shape index (κ1) is 22.4. The molecule has 3 N–H and O–H groups in total. The summed E-state index contributed by atoms with van der Waals surface area (Å²) in [5, 5.41) is 4.83. The molecule has 0 unspecified atom stereocenters. The minimum atomic E-state index is -0.689. The summed E-state index contributed by atoms with van der Waals surface area (Å²) in [5.41, 5.74) is 1.68. The van der Waals surface area contributed by atoms with Crippen LogP contribution in [0.4, 0.5) is 14.9 Å². The number of amides is 2. The number of hydrogen-bond acceptors (Lipinski definition) is 5. The van der Waals surface area contributed by atoms with E-state index in [0.29, 0.717) is 11.0 Å². The standard InChI is InChI=1S/C25H19FN4O4/c1-3-14-7-6-10-19(21(14)26)28-23(32)17-9-5-4-8-16(17)22(31)15-11-12-18-20(13-15)30-24(29-18)34-25(33)27-2/h3-13H,1H2,2H3,(H,27,33)(H,28,32)(H,29,30). The lowest BCUT2D eigenvalue weighted by atomic mass is 9.97. The normalized spacial score (nSPS) is 10.5. The number of aromatic nitrogens is 2. The summed E-state index contributed by atoms with van der Waals surface area (Å²) in [7, 11) is 1.42. The van der Waals surface area contributed by atoms with E-state index in [4.69, 9.17) is 4.74 Å². The molecule has 0 saturated carbocycles. The Morgan fingerprint density at radius 3 is 2.56 bits per heavy atom. The molecular formula is C25H19FN4O4. The van der Waals surface area contributed by atoms with Gasteiger partial charge in [-0.15, -0.1) is 0 Å². The van der Waals surface area contributed by atoms with Crippen molar-refractivity contribution in [2.75, 3.05) is 12.4 Å². The van der Waals surface area contributed by atoms with Crippen molar-refractivity contribution in [3.05, 3.63) is 95.3 Å². The molecule has 0 radical (unpaired) electrons. The van der Waals surface area contributed by atoms with Crippen molar-refractivity contribution in [1.29, 1.82) is 0 Å². The number of anilines is 1. The molecule has 0 atom stereocenters. The first-order valence-electron chi connectivity index (χ1n) is 10.2. The van der Waals surface area contributed by atoms with Crippen LogP contribution in [0.2, 0.25) is 0 Å². The zero-order valence-electron chi connectivity index (χ0n) is 18.0. The third kappa shape index (κ3) is 4.40. The van der Waals surface area contributed by atoms with Gasteiger partial charge in [0.15, 0.2) is 11.6 Å². The van der Waals surface area contributed by atoms with Gasteiger partial charge in [0.1, 0.15) is 0 Å². The Kier molecular flexibility index (Phi) is 6.18. The molecule has 4 rings (SSSR count). The van der Waals surface area contributed by atoms with Gasteiger partial charge in [-0.05, 0) is 30.3 Å². The Hall–Kier alpha value is -4.79. The highest BCUT2D eigenvalue weighted by atomic mass is 19.1. The van der Waals surface area contributed by atoms with Crippen LogP contribution in [0.1, 0.15) is 31.8 Å². The molecule has 0 aliphatic carbocycles. The smallest absolute Gasteiger partial charge is 0.375 e. The van der Waals surface area contributed by atoms with Gasteiger partial charge in [0.2, 0.25) is 0 Å². The molecule has 2 amide bonds. The molecule has 4 aromatic rings. The molecule has 9 heteroatoms. The zero-order chi connectivity index (χ0) is 24.2. The van der Waals surface area contributed by atoms with Gasteiger partial charge in [-0.1, -0.05) is 43.0 Å². The molecule has 0 aliphatic rings. The Labute approximate surface area is 193 Å². The molecule has 1 heterocycles. The predicted octanol–water partition coefficient (Wildman–Crippen LogP) is 4.55. The minimum absolute atomic E-state index is 0.0211. The fourth-order valence-corrected chi connectivity index (χ4v) is 3.34. The van der Waals surface area contributed by atoms with Crippen LogP contribution in [0.5, 0.6) is 6.01 Å². The molecule has 170 valence electrons. The van der Waals surface area contributed by atoms with Crippen molar-refractivity contribution in [2.24, 2.45) is 0 Å². The van der Waals surface area contributed by atoms with Gasteiger partial charge in [0.05, 0.1) is 22.3 Å². The summed E-state index contributed by atoms with van der Waals surface area (Å²) in [6.45, 7) is 3.55. The summed E-state index contributed by atoms with van der Waals surface area (Å²) in [4.78, 5) is 44.6. The summed E-state index contributed by atoms with van der Waals surface area (Å²) < 4.78 is 19.5. The number of H-pyrrole nitrogens is 1. The maximum Gasteiger partial charge on any atom is 0.414 e. The monoisotopic (exact) mass is 458 g/mol. The highest BCUT2D eigenvalue weighted by Gasteiger charge is 2.20. The minimum Gasteiger partial charge on any atom is -0.375 e. The first-order valence-corrected chi connectivity index (χ1v) is 10.2. The van der Waals surface area contributed by atoms with Crippen LogP contribution >= 0.6 is 0 Å². The molecule has 8 nitrogen and oxygen atoms in total. The van der Waals surface area contributed by atoms with Crippen molar-refractivity contribution < 1.29 is 23.5 Å². The van der Waals surface area contributed by atoms with Crippen molar-refractivity contribution >= 4 is 40.6 Å². The number of fused-ring (bicyclic) bond motifs is 1. The van der Waals surface area contributed by atoms with Crippen LogP contribution in [0, 0.1) is 5.82 Å². The Bertz CT molecular complexity index is 1440.